The second kappa shape index (κ2) is 8.87. The first kappa shape index (κ1) is 19.3. The molecule has 0 aromatic heterocycles. The van der Waals surface area contributed by atoms with E-state index in [1.165, 1.54) is 0 Å². The summed E-state index contributed by atoms with van der Waals surface area (Å²) in [6.45, 7) is 3.42. The monoisotopic (exact) mass is 424 g/mol. The van der Waals surface area contributed by atoms with Crippen LogP contribution < -0.4 is 15.4 Å². The third kappa shape index (κ3) is 5.76. The van der Waals surface area contributed by atoms with Crippen LogP contribution in [-0.4, -0.2) is 17.9 Å². The van der Waals surface area contributed by atoms with Gasteiger partial charge in [-0.05, 0) is 59.3 Å². The molecule has 0 spiro atoms. The molecule has 1 atom stereocenters. The number of carbonyl (C=O) groups excluding carboxylic acids is 2. The summed E-state index contributed by atoms with van der Waals surface area (Å²) in [4.78, 5) is 23.8. The Morgan fingerprint density at radius 3 is 2.48 bits per heavy atom. The van der Waals surface area contributed by atoms with Crippen LogP contribution in [0.15, 0.2) is 46.9 Å². The zero-order valence-electron chi connectivity index (χ0n) is 13.8. The van der Waals surface area contributed by atoms with E-state index in [1.54, 1.807) is 56.3 Å². The molecule has 7 heteroatoms. The van der Waals surface area contributed by atoms with E-state index in [2.05, 4.69) is 26.6 Å². The molecule has 25 heavy (non-hydrogen) atoms. The first-order valence-corrected chi connectivity index (χ1v) is 8.88. The fourth-order valence-corrected chi connectivity index (χ4v) is 2.76. The Labute approximate surface area is 159 Å². The molecule has 0 aliphatic heterocycles. The molecule has 0 bridgehead atoms. The minimum absolute atomic E-state index is 0.0900. The molecule has 2 N–H and O–H groups in total. The Morgan fingerprint density at radius 1 is 1.16 bits per heavy atom. The number of ether oxygens (including phenoxy) is 1. The first-order valence-electron chi connectivity index (χ1n) is 7.71. The maximum atomic E-state index is 12.3. The van der Waals surface area contributed by atoms with Crippen molar-refractivity contribution in [2.24, 2.45) is 0 Å². The molecule has 2 amide bonds. The van der Waals surface area contributed by atoms with Crippen LogP contribution in [0.25, 0.3) is 0 Å². The number of hydrogen-bond donors (Lipinski definition) is 2. The van der Waals surface area contributed by atoms with E-state index in [0.29, 0.717) is 33.0 Å². The SMILES string of the molecule is CCC(=O)Nc1cccc(NC(=O)C(C)Oc2ccc(Cl)cc2Br)c1. The van der Waals surface area contributed by atoms with Crippen LogP contribution in [-0.2, 0) is 9.59 Å². The second-order valence-corrected chi connectivity index (χ2v) is 6.60. The Kier molecular flexibility index (Phi) is 6.84. The van der Waals surface area contributed by atoms with E-state index < -0.39 is 6.10 Å². The summed E-state index contributed by atoms with van der Waals surface area (Å²) in [5.74, 6) is 0.129. The largest absolute Gasteiger partial charge is 0.480 e. The smallest absolute Gasteiger partial charge is 0.265 e. The average molecular weight is 426 g/mol. The molecule has 132 valence electrons. The van der Waals surface area contributed by atoms with Gasteiger partial charge in [0.15, 0.2) is 6.10 Å². The minimum atomic E-state index is -0.716. The van der Waals surface area contributed by atoms with E-state index in [0.717, 1.165) is 0 Å². The highest BCUT2D eigenvalue weighted by Gasteiger charge is 2.16. The molecule has 0 fully saturated rings. The Hall–Kier alpha value is -2.05. The summed E-state index contributed by atoms with van der Waals surface area (Å²) in [5.41, 5.74) is 1.20. The van der Waals surface area contributed by atoms with Gasteiger partial charge in [-0.1, -0.05) is 24.6 Å². The lowest BCUT2D eigenvalue weighted by atomic mass is 10.2. The third-order valence-electron chi connectivity index (χ3n) is 3.30. The quantitative estimate of drug-likeness (QED) is 0.695. The summed E-state index contributed by atoms with van der Waals surface area (Å²) in [7, 11) is 0. The number of nitrogens with one attached hydrogen (secondary N) is 2. The zero-order valence-corrected chi connectivity index (χ0v) is 16.1. The van der Waals surface area contributed by atoms with Gasteiger partial charge in [-0.15, -0.1) is 0 Å². The lowest BCUT2D eigenvalue weighted by molar-refractivity contribution is -0.122. The molecule has 0 aliphatic carbocycles. The van der Waals surface area contributed by atoms with Crippen molar-refractivity contribution in [3.8, 4) is 5.75 Å². The zero-order chi connectivity index (χ0) is 18.4. The fourth-order valence-electron chi connectivity index (χ4n) is 1.98. The van der Waals surface area contributed by atoms with Gasteiger partial charge in [0.2, 0.25) is 5.91 Å². The number of anilines is 2. The predicted octanol–water partition coefficient (Wildman–Crippen LogP) is 4.86. The lowest BCUT2D eigenvalue weighted by Gasteiger charge is -2.16. The summed E-state index contributed by atoms with van der Waals surface area (Å²) in [6.07, 6.45) is -0.330. The van der Waals surface area contributed by atoms with Crippen molar-refractivity contribution in [1.29, 1.82) is 0 Å². The lowest BCUT2D eigenvalue weighted by Crippen LogP contribution is -2.30. The van der Waals surface area contributed by atoms with E-state index in [9.17, 15) is 9.59 Å². The second-order valence-electron chi connectivity index (χ2n) is 5.31. The molecule has 0 aliphatic rings. The normalized spacial score (nSPS) is 11.5. The summed E-state index contributed by atoms with van der Waals surface area (Å²) in [6, 6.07) is 12.0. The van der Waals surface area contributed by atoms with Gasteiger partial charge < -0.3 is 15.4 Å². The maximum Gasteiger partial charge on any atom is 0.265 e. The Morgan fingerprint density at radius 2 is 1.84 bits per heavy atom. The van der Waals surface area contributed by atoms with E-state index >= 15 is 0 Å². The standard InChI is InChI=1S/C18H18BrClN2O3/c1-3-17(23)21-13-5-4-6-14(10-13)22-18(24)11(2)25-16-8-7-12(20)9-15(16)19/h4-11H,3H2,1-2H3,(H,21,23)(H,22,24). The number of hydrogen-bond acceptors (Lipinski definition) is 3. The Balaban J connectivity index is 2.01. The molecule has 2 aromatic carbocycles. The number of benzene rings is 2. The fraction of sp³-hybridized carbons (Fsp3) is 0.222. The highest BCUT2D eigenvalue weighted by atomic mass is 79.9. The van der Waals surface area contributed by atoms with Crippen LogP contribution in [0, 0.1) is 0 Å². The highest BCUT2D eigenvalue weighted by molar-refractivity contribution is 9.10. The van der Waals surface area contributed by atoms with E-state index in [4.69, 9.17) is 16.3 Å². The maximum absolute atomic E-state index is 12.3. The average Bonchev–Trinajstić information content (AvgIpc) is 2.57. The van der Waals surface area contributed by atoms with Gasteiger partial charge in [0, 0.05) is 22.8 Å². The molecular formula is C18H18BrClN2O3. The van der Waals surface area contributed by atoms with Crippen molar-refractivity contribution in [3.05, 3.63) is 52.0 Å². The summed E-state index contributed by atoms with van der Waals surface area (Å²) >= 11 is 9.24. The van der Waals surface area contributed by atoms with Crippen molar-refractivity contribution in [2.45, 2.75) is 26.4 Å². The van der Waals surface area contributed by atoms with Crippen molar-refractivity contribution < 1.29 is 14.3 Å². The van der Waals surface area contributed by atoms with Crippen molar-refractivity contribution >= 4 is 50.7 Å². The van der Waals surface area contributed by atoms with Gasteiger partial charge >= 0.3 is 0 Å². The third-order valence-corrected chi connectivity index (χ3v) is 4.16. The first-order chi connectivity index (χ1) is 11.9. The summed E-state index contributed by atoms with van der Waals surface area (Å²) < 4.78 is 6.33. The van der Waals surface area contributed by atoms with Crippen molar-refractivity contribution in [2.75, 3.05) is 10.6 Å². The molecular weight excluding hydrogens is 408 g/mol. The summed E-state index contributed by atoms with van der Waals surface area (Å²) in [5, 5.41) is 6.09. The van der Waals surface area contributed by atoms with Gasteiger partial charge in [-0.3, -0.25) is 9.59 Å². The van der Waals surface area contributed by atoms with Crippen LogP contribution in [0.2, 0.25) is 5.02 Å². The van der Waals surface area contributed by atoms with Crippen LogP contribution in [0.5, 0.6) is 5.75 Å². The molecule has 5 nitrogen and oxygen atoms in total. The van der Waals surface area contributed by atoms with Crippen LogP contribution >= 0.6 is 27.5 Å². The number of rotatable bonds is 6. The highest BCUT2D eigenvalue weighted by Crippen LogP contribution is 2.29. The van der Waals surface area contributed by atoms with Gasteiger partial charge in [-0.25, -0.2) is 0 Å². The minimum Gasteiger partial charge on any atom is -0.480 e. The number of carbonyl (C=O) groups is 2. The molecule has 2 aromatic rings. The van der Waals surface area contributed by atoms with Crippen molar-refractivity contribution in [1.82, 2.24) is 0 Å². The van der Waals surface area contributed by atoms with Crippen LogP contribution in [0.3, 0.4) is 0 Å². The number of halogens is 2. The van der Waals surface area contributed by atoms with Crippen LogP contribution in [0.4, 0.5) is 11.4 Å². The van der Waals surface area contributed by atoms with Gasteiger partial charge in [0.25, 0.3) is 5.91 Å². The predicted molar refractivity (Wildman–Crippen MR) is 103 cm³/mol. The van der Waals surface area contributed by atoms with E-state index in [1.807, 2.05) is 0 Å². The van der Waals surface area contributed by atoms with Gasteiger partial charge in [0.1, 0.15) is 5.75 Å². The molecule has 0 saturated heterocycles. The molecule has 1 unspecified atom stereocenters. The van der Waals surface area contributed by atoms with Crippen LogP contribution in [0.1, 0.15) is 20.3 Å². The molecule has 0 heterocycles. The van der Waals surface area contributed by atoms with Gasteiger partial charge in [-0.2, -0.15) is 0 Å². The Bertz CT molecular complexity index is 783. The van der Waals surface area contributed by atoms with Crippen molar-refractivity contribution in [3.63, 3.8) is 0 Å². The molecule has 0 radical (unpaired) electrons. The molecule has 2 rings (SSSR count). The number of amides is 2. The van der Waals surface area contributed by atoms with E-state index in [-0.39, 0.29) is 11.8 Å². The van der Waals surface area contributed by atoms with Gasteiger partial charge in [0.05, 0.1) is 4.47 Å². The topological polar surface area (TPSA) is 67.4 Å². The molecule has 0 saturated carbocycles.